The van der Waals surface area contributed by atoms with E-state index in [1.807, 2.05) is 30.3 Å². The fraction of sp³-hybridized carbons (Fsp3) is 0.167. The first-order valence-corrected chi connectivity index (χ1v) is 5.31. The van der Waals surface area contributed by atoms with Crippen LogP contribution in [0.25, 0.3) is 11.3 Å². The number of aliphatic hydroxyl groups excluding tert-OH is 1. The number of H-pyrrole nitrogens is 1. The summed E-state index contributed by atoms with van der Waals surface area (Å²) in [6.45, 7) is -0.165. The number of nitrogens with one attached hydrogen (secondary N) is 2. The Balaban J connectivity index is 2.09. The predicted molar refractivity (Wildman–Crippen MR) is 64.4 cm³/mol. The van der Waals surface area contributed by atoms with Gasteiger partial charge in [0.2, 0.25) is 5.91 Å². The van der Waals surface area contributed by atoms with Crippen molar-refractivity contribution in [2.24, 2.45) is 0 Å². The molecule has 2 rings (SSSR count). The minimum absolute atomic E-state index is 0.0769. The number of aromatic amines is 1. The van der Waals surface area contributed by atoms with Gasteiger partial charge in [-0.15, -0.1) is 0 Å². The summed E-state index contributed by atoms with van der Waals surface area (Å²) in [6, 6.07) is 11.5. The molecule has 5 heteroatoms. The van der Waals surface area contributed by atoms with Crippen molar-refractivity contribution in [3.63, 3.8) is 0 Å². The zero-order chi connectivity index (χ0) is 12.1. The van der Waals surface area contributed by atoms with Gasteiger partial charge in [0.1, 0.15) is 0 Å². The summed E-state index contributed by atoms with van der Waals surface area (Å²) in [6.07, 6.45) is 0.0769. The molecule has 1 aromatic carbocycles. The number of anilines is 1. The minimum atomic E-state index is -0.251. The summed E-state index contributed by atoms with van der Waals surface area (Å²) < 4.78 is 0. The van der Waals surface area contributed by atoms with Crippen LogP contribution in [-0.2, 0) is 4.79 Å². The number of nitrogens with zero attached hydrogens (tertiary/aromatic N) is 1. The van der Waals surface area contributed by atoms with Gasteiger partial charge >= 0.3 is 0 Å². The molecule has 0 unspecified atom stereocenters. The van der Waals surface area contributed by atoms with Gasteiger partial charge in [-0.2, -0.15) is 5.10 Å². The van der Waals surface area contributed by atoms with E-state index in [1.165, 1.54) is 0 Å². The minimum Gasteiger partial charge on any atom is -0.396 e. The Kier molecular flexibility index (Phi) is 3.52. The summed E-state index contributed by atoms with van der Waals surface area (Å²) in [4.78, 5) is 11.2. The van der Waals surface area contributed by atoms with Crippen molar-refractivity contribution in [2.45, 2.75) is 6.42 Å². The zero-order valence-electron chi connectivity index (χ0n) is 9.18. The molecule has 0 aliphatic carbocycles. The van der Waals surface area contributed by atoms with Crippen LogP contribution in [0.2, 0.25) is 0 Å². The van der Waals surface area contributed by atoms with Crippen LogP contribution in [0, 0.1) is 0 Å². The van der Waals surface area contributed by atoms with Crippen LogP contribution in [0.5, 0.6) is 0 Å². The van der Waals surface area contributed by atoms with Crippen molar-refractivity contribution < 1.29 is 9.90 Å². The van der Waals surface area contributed by atoms with E-state index in [9.17, 15) is 4.79 Å². The van der Waals surface area contributed by atoms with E-state index in [2.05, 4.69) is 15.5 Å². The number of hydrogen-bond donors (Lipinski definition) is 3. The maximum Gasteiger partial charge on any atom is 0.227 e. The molecular weight excluding hydrogens is 218 g/mol. The number of aliphatic hydroxyl groups is 1. The van der Waals surface area contributed by atoms with Crippen LogP contribution >= 0.6 is 0 Å². The maximum absolute atomic E-state index is 11.2. The van der Waals surface area contributed by atoms with Gasteiger partial charge in [-0.25, -0.2) is 0 Å². The van der Waals surface area contributed by atoms with Gasteiger partial charge in [-0.1, -0.05) is 30.3 Å². The molecule has 1 amide bonds. The molecule has 1 heterocycles. The second-order valence-electron chi connectivity index (χ2n) is 3.55. The van der Waals surface area contributed by atoms with Gasteiger partial charge in [-0.3, -0.25) is 9.89 Å². The number of carbonyl (C=O) groups excluding carboxylic acids is 1. The first-order chi connectivity index (χ1) is 8.29. The standard InChI is InChI=1S/C12H13N3O2/c16-7-6-12(17)13-11-8-10(14-15-11)9-4-2-1-3-5-9/h1-5,8,16H,6-7H2,(H2,13,14,15,17). The van der Waals surface area contributed by atoms with Gasteiger partial charge in [0.15, 0.2) is 5.82 Å². The molecule has 2 aromatic rings. The Morgan fingerprint density at radius 1 is 1.35 bits per heavy atom. The number of aromatic nitrogens is 2. The van der Waals surface area contributed by atoms with Gasteiger partial charge in [0.25, 0.3) is 0 Å². The molecule has 0 aliphatic heterocycles. The maximum atomic E-state index is 11.2. The fourth-order valence-corrected chi connectivity index (χ4v) is 1.46. The van der Waals surface area contributed by atoms with E-state index in [0.29, 0.717) is 5.82 Å². The normalized spacial score (nSPS) is 10.2. The third-order valence-electron chi connectivity index (χ3n) is 2.27. The van der Waals surface area contributed by atoms with Crippen molar-refractivity contribution in [2.75, 3.05) is 11.9 Å². The molecule has 3 N–H and O–H groups in total. The van der Waals surface area contributed by atoms with E-state index in [0.717, 1.165) is 11.3 Å². The summed E-state index contributed by atoms with van der Waals surface area (Å²) in [5, 5.41) is 18.0. The molecule has 88 valence electrons. The molecule has 0 saturated carbocycles. The second-order valence-corrected chi connectivity index (χ2v) is 3.55. The van der Waals surface area contributed by atoms with Crippen LogP contribution in [0.3, 0.4) is 0 Å². The second kappa shape index (κ2) is 5.27. The lowest BCUT2D eigenvalue weighted by Gasteiger charge is -1.97. The molecule has 17 heavy (non-hydrogen) atoms. The van der Waals surface area contributed by atoms with Gasteiger partial charge in [0, 0.05) is 6.07 Å². The van der Waals surface area contributed by atoms with Crippen molar-refractivity contribution in [3.8, 4) is 11.3 Å². The summed E-state index contributed by atoms with van der Waals surface area (Å²) in [7, 11) is 0. The topological polar surface area (TPSA) is 78.0 Å². The van der Waals surface area contributed by atoms with Crippen molar-refractivity contribution in [3.05, 3.63) is 36.4 Å². The molecule has 0 fully saturated rings. The van der Waals surface area contributed by atoms with E-state index >= 15 is 0 Å². The molecule has 5 nitrogen and oxygen atoms in total. The molecular formula is C12H13N3O2. The number of benzene rings is 1. The fourth-order valence-electron chi connectivity index (χ4n) is 1.46. The highest BCUT2D eigenvalue weighted by molar-refractivity contribution is 5.90. The number of rotatable bonds is 4. The van der Waals surface area contributed by atoms with Crippen LogP contribution in [-0.4, -0.2) is 27.8 Å². The van der Waals surface area contributed by atoms with Crippen LogP contribution < -0.4 is 5.32 Å². The average Bonchev–Trinajstić information content (AvgIpc) is 2.79. The Morgan fingerprint density at radius 3 is 2.82 bits per heavy atom. The molecule has 0 bridgehead atoms. The van der Waals surface area contributed by atoms with E-state index in [1.54, 1.807) is 6.07 Å². The third-order valence-corrected chi connectivity index (χ3v) is 2.27. The predicted octanol–water partition coefficient (Wildman–Crippen LogP) is 1.40. The molecule has 0 atom stereocenters. The average molecular weight is 231 g/mol. The first kappa shape index (κ1) is 11.3. The highest BCUT2D eigenvalue weighted by Gasteiger charge is 2.06. The highest BCUT2D eigenvalue weighted by atomic mass is 16.3. The van der Waals surface area contributed by atoms with Gasteiger partial charge in [-0.05, 0) is 5.56 Å². The van der Waals surface area contributed by atoms with Gasteiger partial charge < -0.3 is 10.4 Å². The molecule has 0 spiro atoms. The molecule has 1 aromatic heterocycles. The quantitative estimate of drug-likeness (QED) is 0.744. The molecule has 0 saturated heterocycles. The Morgan fingerprint density at radius 2 is 2.12 bits per heavy atom. The van der Waals surface area contributed by atoms with E-state index in [4.69, 9.17) is 5.11 Å². The highest BCUT2D eigenvalue weighted by Crippen LogP contribution is 2.18. The Hall–Kier alpha value is -2.14. The van der Waals surface area contributed by atoms with Crippen molar-refractivity contribution in [1.82, 2.24) is 10.2 Å². The summed E-state index contributed by atoms with van der Waals surface area (Å²) >= 11 is 0. The molecule has 0 aliphatic rings. The lowest BCUT2D eigenvalue weighted by molar-refractivity contribution is -0.116. The lowest BCUT2D eigenvalue weighted by Crippen LogP contribution is -2.12. The van der Waals surface area contributed by atoms with Crippen LogP contribution in [0.15, 0.2) is 36.4 Å². The van der Waals surface area contributed by atoms with Crippen LogP contribution in [0.1, 0.15) is 6.42 Å². The van der Waals surface area contributed by atoms with Gasteiger partial charge in [0.05, 0.1) is 18.7 Å². The van der Waals surface area contributed by atoms with E-state index in [-0.39, 0.29) is 18.9 Å². The number of amides is 1. The number of hydrogen-bond acceptors (Lipinski definition) is 3. The Bertz CT molecular complexity index is 493. The van der Waals surface area contributed by atoms with E-state index < -0.39 is 0 Å². The monoisotopic (exact) mass is 231 g/mol. The smallest absolute Gasteiger partial charge is 0.227 e. The largest absolute Gasteiger partial charge is 0.396 e. The third kappa shape index (κ3) is 2.92. The first-order valence-electron chi connectivity index (χ1n) is 5.31. The molecule has 0 radical (unpaired) electrons. The Labute approximate surface area is 98.5 Å². The lowest BCUT2D eigenvalue weighted by atomic mass is 10.2. The summed E-state index contributed by atoms with van der Waals surface area (Å²) in [5.74, 6) is 0.209. The van der Waals surface area contributed by atoms with Crippen molar-refractivity contribution in [1.29, 1.82) is 0 Å². The SMILES string of the molecule is O=C(CCO)Nc1cc(-c2ccccc2)[nH]n1. The number of carbonyl (C=O) groups is 1. The van der Waals surface area contributed by atoms with Crippen LogP contribution in [0.4, 0.5) is 5.82 Å². The zero-order valence-corrected chi connectivity index (χ0v) is 9.18. The summed E-state index contributed by atoms with van der Waals surface area (Å²) in [5.41, 5.74) is 1.84. The van der Waals surface area contributed by atoms with Crippen molar-refractivity contribution >= 4 is 11.7 Å².